The molecule has 0 atom stereocenters. The molecule has 0 N–H and O–H groups in total. The third-order valence-electron chi connectivity index (χ3n) is 4.54. The molecule has 0 saturated carbocycles. The summed E-state index contributed by atoms with van der Waals surface area (Å²) in [5.41, 5.74) is 1.20. The Hall–Kier alpha value is 0.259. The molecule has 0 saturated heterocycles. The molecule has 0 fully saturated rings. The van der Waals surface area contributed by atoms with E-state index in [2.05, 4.69) is 54.0 Å². The van der Waals surface area contributed by atoms with Crippen LogP contribution in [0.3, 0.4) is 0 Å². The molecule has 1 aromatic heterocycles. The predicted octanol–water partition coefficient (Wildman–Crippen LogP) is 7.73. The second-order valence-corrected chi connectivity index (χ2v) is 27.0. The number of para-hydroxylation sites is 1. The van der Waals surface area contributed by atoms with E-state index in [1.54, 1.807) is 13.3 Å². The fraction of sp³-hybridized carbons (Fsp3) is 0.632. The third-order valence-corrected chi connectivity index (χ3v) is 28.1. The average Bonchev–Trinajstić information content (AvgIpc) is 2.98. The van der Waals surface area contributed by atoms with Crippen molar-refractivity contribution in [2.75, 3.05) is 0 Å². The number of aromatic nitrogens is 1. The van der Waals surface area contributed by atoms with Crippen LogP contribution in [-0.4, -0.2) is 22.0 Å². The van der Waals surface area contributed by atoms with Crippen LogP contribution in [0.2, 0.25) is 13.3 Å². The first-order valence-corrected chi connectivity index (χ1v) is 20.5. The first kappa shape index (κ1) is 19.6. The molecule has 0 spiro atoms. The van der Waals surface area contributed by atoms with E-state index >= 15 is 0 Å². The first-order valence-electron chi connectivity index (χ1n) is 9.27. The Morgan fingerprint density at radius 2 is 1.48 bits per heavy atom. The summed E-state index contributed by atoms with van der Waals surface area (Å²) in [4.78, 5) is 4.96. The van der Waals surface area contributed by atoms with Crippen molar-refractivity contribution in [2.24, 2.45) is 0 Å². The van der Waals surface area contributed by atoms with Gasteiger partial charge in [-0.3, -0.25) is 0 Å². The van der Waals surface area contributed by atoms with E-state index in [-0.39, 0.29) is 0 Å². The van der Waals surface area contributed by atoms with Crippen molar-refractivity contribution in [3.8, 4) is 0 Å². The van der Waals surface area contributed by atoms with E-state index in [1.165, 1.54) is 53.1 Å². The van der Waals surface area contributed by atoms with Crippen LogP contribution >= 0.6 is 20.3 Å². The van der Waals surface area contributed by atoms with Crippen molar-refractivity contribution < 1.29 is 0 Å². The molecule has 1 nitrogen and oxygen atoms in total. The quantitative estimate of drug-likeness (QED) is 0.321. The molecule has 0 bridgehead atoms. The number of unbranched alkanes of at least 4 members (excludes halogenated alkanes) is 3. The van der Waals surface area contributed by atoms with Crippen LogP contribution in [0, 0.1) is 0 Å². The summed E-state index contributed by atoms with van der Waals surface area (Å²) >= 11 is -0.237. The van der Waals surface area contributed by atoms with E-state index in [1.807, 2.05) is 11.3 Å². The summed E-state index contributed by atoms with van der Waals surface area (Å²) in [5.74, 6) is 0. The van der Waals surface area contributed by atoms with Crippen LogP contribution in [0.15, 0.2) is 28.6 Å². The van der Waals surface area contributed by atoms with E-state index in [9.17, 15) is 0 Å². The van der Waals surface area contributed by atoms with Gasteiger partial charge >= 0.3 is 154 Å². The molecule has 0 unspecified atom stereocenters. The van der Waals surface area contributed by atoms with Gasteiger partial charge in [-0.15, -0.1) is 0 Å². The van der Waals surface area contributed by atoms with E-state index in [4.69, 9.17) is 4.98 Å². The summed E-state index contributed by atoms with van der Waals surface area (Å²) in [6.45, 7) is 7.04. The predicted molar refractivity (Wildman–Crippen MR) is 110 cm³/mol. The Balaban J connectivity index is 2.21. The zero-order chi connectivity index (χ0) is 16.5. The van der Waals surface area contributed by atoms with E-state index in [0.717, 1.165) is 0 Å². The zero-order valence-electron chi connectivity index (χ0n) is 14.9. The Morgan fingerprint density at radius 3 is 2.00 bits per heavy atom. The van der Waals surface area contributed by atoms with Crippen molar-refractivity contribution in [1.82, 2.24) is 4.98 Å². The summed E-state index contributed by atoms with van der Waals surface area (Å²) < 4.78 is 7.37. The number of nitrogens with zero attached hydrogens (tertiary/aromatic N) is 1. The second kappa shape index (κ2) is 10.3. The molecule has 0 aliphatic rings. The molecule has 1 aromatic carbocycles. The number of fused-ring (bicyclic) bond motifs is 1. The van der Waals surface area contributed by atoms with Gasteiger partial charge in [-0.05, 0) is 0 Å². The van der Waals surface area contributed by atoms with Crippen molar-refractivity contribution in [1.29, 1.82) is 0 Å². The maximum atomic E-state index is 4.96. The molecular formula is C19H31NS2Sn. The van der Waals surface area contributed by atoms with Gasteiger partial charge in [0.2, 0.25) is 0 Å². The van der Waals surface area contributed by atoms with Gasteiger partial charge in [-0.2, -0.15) is 0 Å². The van der Waals surface area contributed by atoms with Crippen LogP contribution < -0.4 is 0 Å². The maximum absolute atomic E-state index is 4.96. The van der Waals surface area contributed by atoms with Gasteiger partial charge in [0.15, 0.2) is 0 Å². The van der Waals surface area contributed by atoms with Crippen molar-refractivity contribution >= 4 is 47.5 Å². The van der Waals surface area contributed by atoms with Crippen LogP contribution in [0.4, 0.5) is 0 Å². The SMILES string of the molecule is CCC[CH2][Sn]([CH2]CCC)([CH2]CCC)[S]c1nc2ccccc2s1. The zero-order valence-corrected chi connectivity index (χ0v) is 19.4. The Morgan fingerprint density at radius 1 is 0.913 bits per heavy atom. The first-order chi connectivity index (χ1) is 11.2. The molecule has 128 valence electrons. The summed E-state index contributed by atoms with van der Waals surface area (Å²) in [6.07, 6.45) is 8.33. The number of thiazole rings is 1. The Bertz CT molecular complexity index is 527. The summed E-state index contributed by atoms with van der Waals surface area (Å²) in [5, 5.41) is 0. The standard InChI is InChI=1S/C7H5NS2.3C4H9.Sn/c9-7-8-5-3-1-2-4-6(5)10-7;3*1-3-4-2;/h1-4H,(H,8,9);3*1,3-4H2,2H3;/q;;;;+1/p-1. The van der Waals surface area contributed by atoms with Gasteiger partial charge in [0, 0.05) is 0 Å². The van der Waals surface area contributed by atoms with Crippen molar-refractivity contribution in [3.05, 3.63) is 24.3 Å². The Kier molecular flexibility index (Phi) is 8.77. The minimum absolute atomic E-state index is 1.20. The number of hydrogen-bond acceptors (Lipinski definition) is 3. The molecule has 0 aliphatic carbocycles. The number of benzene rings is 1. The van der Waals surface area contributed by atoms with E-state index in [0.29, 0.717) is 0 Å². The minimum atomic E-state index is -2.17. The molecule has 1 heterocycles. The summed E-state index contributed by atoms with van der Waals surface area (Å²) in [7, 11) is 2.30. The fourth-order valence-corrected chi connectivity index (χ4v) is 29.5. The average molecular weight is 456 g/mol. The monoisotopic (exact) mass is 457 g/mol. The molecule has 2 aromatic rings. The van der Waals surface area contributed by atoms with E-state index < -0.39 is 17.0 Å². The number of hydrogen-bond donors (Lipinski definition) is 0. The third kappa shape index (κ3) is 5.93. The topological polar surface area (TPSA) is 12.9 Å². The number of rotatable bonds is 11. The second-order valence-electron chi connectivity index (χ2n) is 6.54. The normalized spacial score (nSPS) is 12.1. The van der Waals surface area contributed by atoms with Crippen LogP contribution in [0.5, 0.6) is 0 Å². The molecule has 0 amide bonds. The molecule has 0 aliphatic heterocycles. The van der Waals surface area contributed by atoms with Gasteiger partial charge in [0.1, 0.15) is 0 Å². The molecule has 2 rings (SSSR count). The van der Waals surface area contributed by atoms with Gasteiger partial charge in [-0.1, -0.05) is 0 Å². The van der Waals surface area contributed by atoms with Gasteiger partial charge in [0.05, 0.1) is 0 Å². The van der Waals surface area contributed by atoms with Gasteiger partial charge in [-0.25, -0.2) is 0 Å². The van der Waals surface area contributed by atoms with Crippen LogP contribution in [-0.2, 0) is 0 Å². The van der Waals surface area contributed by atoms with Crippen LogP contribution in [0.1, 0.15) is 59.3 Å². The van der Waals surface area contributed by atoms with Crippen LogP contribution in [0.25, 0.3) is 10.2 Å². The molecule has 23 heavy (non-hydrogen) atoms. The van der Waals surface area contributed by atoms with Gasteiger partial charge < -0.3 is 0 Å². The van der Waals surface area contributed by atoms with Gasteiger partial charge in [0.25, 0.3) is 0 Å². The molecule has 4 heteroatoms. The molecular weight excluding hydrogens is 425 g/mol. The Labute approximate surface area is 153 Å². The molecule has 0 radical (unpaired) electrons. The fourth-order valence-electron chi connectivity index (χ4n) is 3.10. The van der Waals surface area contributed by atoms with Crippen molar-refractivity contribution in [2.45, 2.75) is 76.9 Å². The van der Waals surface area contributed by atoms with Crippen molar-refractivity contribution in [3.63, 3.8) is 0 Å². The summed E-state index contributed by atoms with van der Waals surface area (Å²) in [6, 6.07) is 8.63.